The minimum atomic E-state index is -0.737. The number of carbonyl (C=O) groups is 1. The smallest absolute Gasteiger partial charge is 0.309 e. The van der Waals surface area contributed by atoms with Crippen LogP contribution >= 0.6 is 0 Å². The van der Waals surface area contributed by atoms with Crippen LogP contribution in [0.3, 0.4) is 0 Å². The summed E-state index contributed by atoms with van der Waals surface area (Å²) in [6.45, 7) is 4.76. The van der Waals surface area contributed by atoms with Crippen LogP contribution in [0.2, 0.25) is 0 Å². The van der Waals surface area contributed by atoms with Gasteiger partial charge < -0.3 is 19.9 Å². The van der Waals surface area contributed by atoms with Gasteiger partial charge in [-0.15, -0.1) is 0 Å². The van der Waals surface area contributed by atoms with Gasteiger partial charge in [-0.1, -0.05) is 48.6 Å². The molecule has 0 spiro atoms. The number of para-hydroxylation sites is 1. The van der Waals surface area contributed by atoms with Gasteiger partial charge in [0, 0.05) is 17.6 Å². The molecule has 0 radical (unpaired) electrons. The van der Waals surface area contributed by atoms with Gasteiger partial charge in [0.1, 0.15) is 24.5 Å². The number of hydrogen-bond acceptors (Lipinski definition) is 6. The normalized spacial score (nSPS) is 14.6. The molecule has 0 fully saturated rings. The Hall–Kier alpha value is -3.14. The molecule has 0 aliphatic heterocycles. The number of aliphatic hydroxyl groups excluding tert-OH is 1. The fraction of sp³-hybridized carbons (Fsp3) is 0.429. The highest BCUT2D eigenvalue weighted by molar-refractivity contribution is 5.73. The lowest BCUT2D eigenvalue weighted by Gasteiger charge is -2.30. The van der Waals surface area contributed by atoms with Crippen molar-refractivity contribution < 1.29 is 19.4 Å². The van der Waals surface area contributed by atoms with Gasteiger partial charge in [0.2, 0.25) is 0 Å². The first-order valence-electron chi connectivity index (χ1n) is 11.7. The number of carbonyl (C=O) groups excluding carboxylic acids is 1. The monoisotopic (exact) mass is 462 g/mol. The van der Waals surface area contributed by atoms with Crippen LogP contribution in [0.4, 0.5) is 0 Å². The molecule has 2 aromatic carbocycles. The van der Waals surface area contributed by atoms with Crippen LogP contribution in [-0.4, -0.2) is 43.0 Å². The zero-order chi connectivity index (χ0) is 24.6. The Bertz CT molecular complexity index is 1030. The molecule has 2 N–H and O–H groups in total. The second-order valence-corrected chi connectivity index (χ2v) is 9.50. The molecule has 0 saturated heterocycles. The minimum Gasteiger partial charge on any atom is -0.489 e. The first kappa shape index (κ1) is 25.5. The number of methoxy groups -OCH3 is 1. The molecule has 1 aliphatic carbocycles. The van der Waals surface area contributed by atoms with E-state index in [1.165, 1.54) is 18.2 Å². The quantitative estimate of drug-likeness (QED) is 0.490. The highest BCUT2D eigenvalue weighted by Crippen LogP contribution is 2.32. The Morgan fingerprint density at radius 2 is 1.94 bits per heavy atom. The molecule has 180 valence electrons. The molecular formula is C28H34N2O4. The van der Waals surface area contributed by atoms with E-state index in [1.54, 1.807) is 30.4 Å². The number of benzene rings is 2. The summed E-state index contributed by atoms with van der Waals surface area (Å²) in [5.41, 5.74) is 3.82. The topological polar surface area (TPSA) is 91.6 Å². The van der Waals surface area contributed by atoms with Crippen molar-refractivity contribution in [3.05, 3.63) is 70.8 Å². The van der Waals surface area contributed by atoms with Gasteiger partial charge in [0.15, 0.2) is 0 Å². The van der Waals surface area contributed by atoms with Crippen LogP contribution < -0.4 is 10.1 Å². The van der Waals surface area contributed by atoms with Crippen LogP contribution in [0, 0.1) is 17.2 Å². The van der Waals surface area contributed by atoms with Crippen molar-refractivity contribution in [1.29, 1.82) is 5.26 Å². The number of esters is 1. The van der Waals surface area contributed by atoms with E-state index in [1.807, 2.05) is 0 Å². The Morgan fingerprint density at radius 1 is 1.24 bits per heavy atom. The van der Waals surface area contributed by atoms with Crippen molar-refractivity contribution in [2.24, 2.45) is 5.92 Å². The summed E-state index contributed by atoms with van der Waals surface area (Å²) in [5.74, 6) is 0.643. The number of nitrogens with zero attached hydrogens (tertiary/aromatic N) is 1. The van der Waals surface area contributed by atoms with Crippen molar-refractivity contribution in [1.82, 2.24) is 5.32 Å². The summed E-state index contributed by atoms with van der Waals surface area (Å²) in [4.78, 5) is 11.3. The maximum Gasteiger partial charge on any atom is 0.309 e. The second kappa shape index (κ2) is 11.8. The molecule has 1 aliphatic rings. The van der Waals surface area contributed by atoms with Gasteiger partial charge in [-0.2, -0.15) is 5.26 Å². The van der Waals surface area contributed by atoms with Gasteiger partial charge in [0.05, 0.1) is 19.1 Å². The Balaban J connectivity index is 1.52. The largest absolute Gasteiger partial charge is 0.489 e. The minimum absolute atomic E-state index is 0.0501. The summed E-state index contributed by atoms with van der Waals surface area (Å²) in [6.07, 6.45) is 5.99. The third kappa shape index (κ3) is 7.18. The van der Waals surface area contributed by atoms with E-state index in [4.69, 9.17) is 4.74 Å². The van der Waals surface area contributed by atoms with Gasteiger partial charge in [0.25, 0.3) is 0 Å². The number of nitriles is 1. The molecule has 3 rings (SSSR count). The number of β-amino-alcohol motifs (C(OH)–C–C–N with tert-alkyl or cyclic N) is 1. The van der Waals surface area contributed by atoms with Crippen LogP contribution in [-0.2, 0) is 22.4 Å². The van der Waals surface area contributed by atoms with E-state index in [9.17, 15) is 15.2 Å². The maximum atomic E-state index is 11.3. The molecule has 6 heteroatoms. The summed E-state index contributed by atoms with van der Waals surface area (Å²) in [5, 5.41) is 23.5. The third-order valence-electron chi connectivity index (χ3n) is 6.15. The number of nitrogens with one attached hydrogen (secondary N) is 1. The zero-order valence-corrected chi connectivity index (χ0v) is 20.2. The number of aliphatic hydroxyl groups is 1. The van der Waals surface area contributed by atoms with Gasteiger partial charge in [-0.05, 0) is 56.2 Å². The summed E-state index contributed by atoms with van der Waals surface area (Å²) in [7, 11) is 1.34. The van der Waals surface area contributed by atoms with E-state index in [-0.39, 0.29) is 24.5 Å². The molecule has 34 heavy (non-hydrogen) atoms. The summed E-state index contributed by atoms with van der Waals surface area (Å²) < 4.78 is 10.5. The Labute approximate surface area is 202 Å². The zero-order valence-electron chi connectivity index (χ0n) is 20.2. The van der Waals surface area contributed by atoms with Crippen molar-refractivity contribution in [3.8, 4) is 11.8 Å². The predicted octanol–water partition coefficient (Wildman–Crippen LogP) is 4.05. The highest BCUT2D eigenvalue weighted by atomic mass is 16.5. The summed E-state index contributed by atoms with van der Waals surface area (Å²) in [6, 6.07) is 16.0. The molecule has 6 nitrogen and oxygen atoms in total. The summed E-state index contributed by atoms with van der Waals surface area (Å²) >= 11 is 0. The average Bonchev–Trinajstić information content (AvgIpc) is 3.23. The van der Waals surface area contributed by atoms with E-state index in [0.29, 0.717) is 29.3 Å². The molecule has 0 bridgehead atoms. The van der Waals surface area contributed by atoms with Crippen molar-refractivity contribution in [2.75, 3.05) is 20.3 Å². The standard InChI is InChI=1S/C28H34N2O4/c1-28(2,16-20-14-22-8-4-5-9-23(22)15-20)30-18-25(31)19-34-27-21(10-6-12-24(27)17-29)11-7-13-26(32)33-3/h4-12,20,25,30-31H,13-16,18-19H2,1-3H3/b11-7+/t25-/m1/s1. The fourth-order valence-electron chi connectivity index (χ4n) is 4.52. The van der Waals surface area contributed by atoms with Crippen molar-refractivity contribution in [3.63, 3.8) is 0 Å². The first-order chi connectivity index (χ1) is 16.3. The van der Waals surface area contributed by atoms with Gasteiger partial charge in [-0.25, -0.2) is 0 Å². The highest BCUT2D eigenvalue weighted by Gasteiger charge is 2.28. The molecule has 0 aromatic heterocycles. The van der Waals surface area contributed by atoms with Gasteiger partial charge in [-0.3, -0.25) is 4.79 Å². The molecule has 0 unspecified atom stereocenters. The number of fused-ring (bicyclic) bond motifs is 1. The average molecular weight is 463 g/mol. The van der Waals surface area contributed by atoms with E-state index in [0.717, 1.165) is 19.3 Å². The third-order valence-corrected chi connectivity index (χ3v) is 6.15. The van der Waals surface area contributed by atoms with Crippen molar-refractivity contribution in [2.45, 2.75) is 51.2 Å². The molecule has 0 saturated carbocycles. The number of rotatable bonds is 11. The lowest BCUT2D eigenvalue weighted by molar-refractivity contribution is -0.139. The SMILES string of the molecule is COC(=O)C/C=C/c1cccc(C#N)c1OC[C@H](O)CNC(C)(C)CC1Cc2ccccc2C1. The second-order valence-electron chi connectivity index (χ2n) is 9.50. The molecular weight excluding hydrogens is 428 g/mol. The molecule has 0 amide bonds. The van der Waals surface area contributed by atoms with Crippen molar-refractivity contribution >= 4 is 12.0 Å². The first-order valence-corrected chi connectivity index (χ1v) is 11.7. The van der Waals surface area contributed by atoms with E-state index in [2.05, 4.69) is 54.2 Å². The lowest BCUT2D eigenvalue weighted by Crippen LogP contribution is -2.46. The lowest BCUT2D eigenvalue weighted by atomic mass is 9.88. The Kier molecular flexibility index (Phi) is 8.86. The number of ether oxygens (including phenoxy) is 2. The molecule has 1 atom stereocenters. The molecule has 2 aromatic rings. The fourth-order valence-corrected chi connectivity index (χ4v) is 4.52. The van der Waals surface area contributed by atoms with Crippen LogP contribution in [0.15, 0.2) is 48.5 Å². The maximum absolute atomic E-state index is 11.3. The van der Waals surface area contributed by atoms with Gasteiger partial charge >= 0.3 is 5.97 Å². The van der Waals surface area contributed by atoms with Crippen LogP contribution in [0.5, 0.6) is 5.75 Å². The predicted molar refractivity (Wildman–Crippen MR) is 132 cm³/mol. The number of hydrogen-bond donors (Lipinski definition) is 2. The molecule has 0 heterocycles. The van der Waals surface area contributed by atoms with Crippen LogP contribution in [0.1, 0.15) is 48.9 Å². The van der Waals surface area contributed by atoms with Crippen LogP contribution in [0.25, 0.3) is 6.08 Å². The van der Waals surface area contributed by atoms with E-state index >= 15 is 0 Å². The Morgan fingerprint density at radius 3 is 2.59 bits per heavy atom. The van der Waals surface area contributed by atoms with E-state index < -0.39 is 6.10 Å².